The van der Waals surface area contributed by atoms with Gasteiger partial charge >= 0.3 is 0 Å². The second-order valence-corrected chi connectivity index (χ2v) is 8.68. The number of ether oxygens (including phenoxy) is 1. The fourth-order valence-electron chi connectivity index (χ4n) is 2.79. The molecule has 0 spiro atoms. The summed E-state index contributed by atoms with van der Waals surface area (Å²) in [6, 6.07) is 6.76. The molecule has 1 fully saturated rings. The van der Waals surface area contributed by atoms with Crippen LogP contribution in [-0.4, -0.2) is 19.1 Å². The number of nitriles is 1. The van der Waals surface area contributed by atoms with E-state index >= 15 is 0 Å². The summed E-state index contributed by atoms with van der Waals surface area (Å²) in [4.78, 5) is 10.5. The number of methoxy groups -OCH3 is 1. The van der Waals surface area contributed by atoms with Crippen molar-refractivity contribution in [1.29, 1.82) is 5.26 Å². The molecule has 1 aliphatic heterocycles. The lowest BCUT2D eigenvalue weighted by Gasteiger charge is -2.27. The van der Waals surface area contributed by atoms with Gasteiger partial charge in [0.05, 0.1) is 13.2 Å². The van der Waals surface area contributed by atoms with Crippen LogP contribution in [0.1, 0.15) is 78.6 Å². The summed E-state index contributed by atoms with van der Waals surface area (Å²) in [6.45, 7) is 15.3. The van der Waals surface area contributed by atoms with E-state index in [0.717, 1.165) is 11.8 Å². The largest absolute Gasteiger partial charge is 0.471 e. The number of carbonyl (C=O) groups is 1. The second-order valence-electron chi connectivity index (χ2n) is 7.70. The highest BCUT2D eigenvalue weighted by Crippen LogP contribution is 2.37. The molecular weight excluding hydrogens is 344 g/mol. The number of nitrogens with zero attached hydrogens (tertiary/aromatic N) is 1. The molecule has 150 valence electrons. The van der Waals surface area contributed by atoms with E-state index in [2.05, 4.69) is 69.1 Å². The smallest absolute Gasteiger partial charge is 0.292 e. The zero-order chi connectivity index (χ0) is 20.6. The van der Waals surface area contributed by atoms with E-state index < -0.39 is 0 Å². The molecule has 5 heteroatoms. The van der Waals surface area contributed by atoms with Crippen LogP contribution in [0.3, 0.4) is 0 Å². The molecule has 1 aliphatic rings. The maximum absolute atomic E-state index is 8.95. The maximum atomic E-state index is 8.95. The van der Waals surface area contributed by atoms with Crippen molar-refractivity contribution in [3.8, 4) is 6.07 Å². The zero-order valence-corrected chi connectivity index (χ0v) is 18.7. The summed E-state index contributed by atoms with van der Waals surface area (Å²) < 4.78 is 3.86. The standard InChI is InChI=1S/C13H21NS.C4H10.C2H3N.C2H4O2/c1-10(2)9-13(3)7-6-11(14-13)12-5-4-8-15-12;1-4(2)3;1-2-3;1-4-2-3/h4-5,8,10-11,14H,6-7,9H2,1-3H3;4H,1-3H3;1H3;2H,1H3/t11-,13?;;;/m1.../s1. The Labute approximate surface area is 165 Å². The molecule has 26 heavy (non-hydrogen) atoms. The quantitative estimate of drug-likeness (QED) is 0.653. The van der Waals surface area contributed by atoms with Gasteiger partial charge in [-0.1, -0.05) is 40.7 Å². The minimum Gasteiger partial charge on any atom is -0.471 e. The molecule has 1 aromatic heterocycles. The van der Waals surface area contributed by atoms with Crippen LogP contribution in [0.15, 0.2) is 17.5 Å². The van der Waals surface area contributed by atoms with Crippen LogP contribution < -0.4 is 5.32 Å². The average molecular weight is 383 g/mol. The van der Waals surface area contributed by atoms with E-state index in [1.807, 2.05) is 11.3 Å². The summed E-state index contributed by atoms with van der Waals surface area (Å²) >= 11 is 1.88. The summed E-state index contributed by atoms with van der Waals surface area (Å²) in [5, 5.41) is 13.3. The van der Waals surface area contributed by atoms with Gasteiger partial charge in [0, 0.05) is 23.4 Å². The normalized spacial score (nSPS) is 20.6. The van der Waals surface area contributed by atoms with E-state index in [-0.39, 0.29) is 0 Å². The van der Waals surface area contributed by atoms with Crippen molar-refractivity contribution in [2.24, 2.45) is 11.8 Å². The van der Waals surface area contributed by atoms with Crippen molar-refractivity contribution in [1.82, 2.24) is 5.32 Å². The van der Waals surface area contributed by atoms with E-state index in [1.165, 1.54) is 38.2 Å². The van der Waals surface area contributed by atoms with Gasteiger partial charge in [-0.25, -0.2) is 0 Å². The van der Waals surface area contributed by atoms with Gasteiger partial charge in [-0.05, 0) is 49.5 Å². The topological polar surface area (TPSA) is 62.1 Å². The van der Waals surface area contributed by atoms with Crippen molar-refractivity contribution in [2.75, 3.05) is 7.11 Å². The summed E-state index contributed by atoms with van der Waals surface area (Å²) in [7, 11) is 1.31. The zero-order valence-electron chi connectivity index (χ0n) is 17.8. The molecule has 2 heterocycles. The molecule has 0 aliphatic carbocycles. The van der Waals surface area contributed by atoms with Crippen LogP contribution in [0.2, 0.25) is 0 Å². The van der Waals surface area contributed by atoms with Crippen LogP contribution in [-0.2, 0) is 9.53 Å². The Morgan fingerprint density at radius 2 is 1.92 bits per heavy atom. The van der Waals surface area contributed by atoms with E-state index in [1.54, 1.807) is 6.07 Å². The molecule has 2 rings (SSSR count). The first kappa shape index (κ1) is 26.8. The van der Waals surface area contributed by atoms with Gasteiger partial charge in [-0.15, -0.1) is 11.3 Å². The molecule has 4 nitrogen and oxygen atoms in total. The lowest BCUT2D eigenvalue weighted by Crippen LogP contribution is -2.38. The predicted molar refractivity (Wildman–Crippen MR) is 112 cm³/mol. The van der Waals surface area contributed by atoms with E-state index in [9.17, 15) is 0 Å². The monoisotopic (exact) mass is 382 g/mol. The van der Waals surface area contributed by atoms with Gasteiger partial charge in [-0.3, -0.25) is 4.79 Å². The second kappa shape index (κ2) is 15.8. The Morgan fingerprint density at radius 1 is 1.42 bits per heavy atom. The third kappa shape index (κ3) is 14.9. The number of rotatable bonds is 4. The number of thiophene rings is 1. The third-order valence-corrected chi connectivity index (χ3v) is 4.34. The fraction of sp³-hybridized carbons (Fsp3) is 0.714. The Bertz CT molecular complexity index is 478. The number of carbonyl (C=O) groups excluding carboxylic acids is 1. The highest BCUT2D eigenvalue weighted by atomic mass is 32.1. The molecule has 0 aromatic carbocycles. The number of hydrogen-bond donors (Lipinski definition) is 1. The van der Waals surface area contributed by atoms with Crippen molar-refractivity contribution in [3.05, 3.63) is 22.4 Å². The lowest BCUT2D eigenvalue weighted by atomic mass is 9.90. The van der Waals surface area contributed by atoms with Crippen LogP contribution in [0.4, 0.5) is 0 Å². The summed E-state index contributed by atoms with van der Waals surface area (Å²) in [6.07, 6.45) is 3.90. The molecule has 0 bridgehead atoms. The van der Waals surface area contributed by atoms with Crippen molar-refractivity contribution < 1.29 is 9.53 Å². The van der Waals surface area contributed by atoms with Gasteiger partial charge in [0.15, 0.2) is 0 Å². The van der Waals surface area contributed by atoms with Crippen LogP contribution in [0.5, 0.6) is 0 Å². The first-order chi connectivity index (χ1) is 12.2. The molecule has 0 saturated carbocycles. The van der Waals surface area contributed by atoms with Crippen LogP contribution >= 0.6 is 11.3 Å². The number of hydrogen-bond acceptors (Lipinski definition) is 5. The lowest BCUT2D eigenvalue weighted by molar-refractivity contribution is -0.126. The van der Waals surface area contributed by atoms with E-state index in [0.29, 0.717) is 18.1 Å². The van der Waals surface area contributed by atoms with Gasteiger partial charge in [0.2, 0.25) is 0 Å². The molecule has 1 N–H and O–H groups in total. The first-order valence-electron chi connectivity index (χ1n) is 9.24. The Balaban J connectivity index is 0. The minimum absolute atomic E-state index is 0.364. The van der Waals surface area contributed by atoms with E-state index in [4.69, 9.17) is 10.1 Å². The predicted octanol–water partition coefficient (Wildman–Crippen LogP) is 5.96. The Kier molecular flexibility index (Phi) is 16.4. The average Bonchev–Trinajstić information content (AvgIpc) is 3.16. The van der Waals surface area contributed by atoms with Gasteiger partial charge in [-0.2, -0.15) is 5.26 Å². The minimum atomic E-state index is 0.364. The molecule has 1 aromatic rings. The molecule has 1 saturated heterocycles. The van der Waals surface area contributed by atoms with Gasteiger partial charge in [0.1, 0.15) is 0 Å². The molecule has 1 unspecified atom stereocenters. The Hall–Kier alpha value is -1.38. The van der Waals surface area contributed by atoms with Gasteiger partial charge < -0.3 is 10.1 Å². The molecule has 2 atom stereocenters. The summed E-state index contributed by atoms with van der Waals surface area (Å²) in [5.41, 5.74) is 0.364. The molecule has 0 radical (unpaired) electrons. The number of nitrogens with one attached hydrogen (secondary N) is 1. The highest BCUT2D eigenvalue weighted by molar-refractivity contribution is 7.10. The Morgan fingerprint density at radius 3 is 2.27 bits per heavy atom. The third-order valence-electron chi connectivity index (χ3n) is 3.35. The van der Waals surface area contributed by atoms with Crippen molar-refractivity contribution in [2.45, 2.75) is 79.3 Å². The van der Waals surface area contributed by atoms with Crippen LogP contribution in [0.25, 0.3) is 0 Å². The highest BCUT2D eigenvalue weighted by Gasteiger charge is 2.35. The van der Waals surface area contributed by atoms with Crippen molar-refractivity contribution in [3.63, 3.8) is 0 Å². The maximum Gasteiger partial charge on any atom is 0.292 e. The molecular formula is C21H38N2O2S. The molecule has 0 amide bonds. The SMILES string of the molecule is CC#N.CC(C)C.CC(C)CC1(C)CC[C@H](c2cccs2)N1.COC=O. The van der Waals surface area contributed by atoms with Crippen LogP contribution in [0, 0.1) is 23.2 Å². The first-order valence-corrected chi connectivity index (χ1v) is 10.1. The summed E-state index contributed by atoms with van der Waals surface area (Å²) in [5.74, 6) is 1.62. The fourth-order valence-corrected chi connectivity index (χ4v) is 3.61. The van der Waals surface area contributed by atoms with Gasteiger partial charge in [0.25, 0.3) is 6.47 Å². The van der Waals surface area contributed by atoms with Crippen molar-refractivity contribution >= 4 is 17.8 Å².